The minimum Gasteiger partial charge on any atom is -0.356 e. The molecule has 0 atom stereocenters. The quantitative estimate of drug-likeness (QED) is 0.797. The predicted molar refractivity (Wildman–Crippen MR) is 107 cm³/mol. The fourth-order valence-electron chi connectivity index (χ4n) is 3.42. The number of rotatable bonds is 6. The summed E-state index contributed by atoms with van der Waals surface area (Å²) in [5.74, 6) is 0.226. The number of hydrogen-bond donors (Lipinski definition) is 2. The van der Waals surface area contributed by atoms with Crippen molar-refractivity contribution in [3.63, 3.8) is 0 Å². The van der Waals surface area contributed by atoms with E-state index in [1.54, 1.807) is 17.0 Å². The van der Waals surface area contributed by atoms with Gasteiger partial charge in [0.25, 0.3) is 0 Å². The highest BCUT2D eigenvalue weighted by Gasteiger charge is 2.22. The zero-order chi connectivity index (χ0) is 19.8. The third-order valence-electron chi connectivity index (χ3n) is 5.08. The van der Waals surface area contributed by atoms with Crippen molar-refractivity contribution in [2.75, 3.05) is 25.0 Å². The number of nitrogens with one attached hydrogen (secondary N) is 2. The first-order valence-corrected chi connectivity index (χ1v) is 9.72. The van der Waals surface area contributed by atoms with Gasteiger partial charge in [0.2, 0.25) is 5.91 Å². The maximum Gasteiger partial charge on any atom is 0.321 e. The number of anilines is 1. The number of piperidine rings is 1. The van der Waals surface area contributed by atoms with E-state index in [0.29, 0.717) is 37.7 Å². The van der Waals surface area contributed by atoms with Gasteiger partial charge in [0, 0.05) is 25.3 Å². The summed E-state index contributed by atoms with van der Waals surface area (Å²) in [5, 5.41) is 5.79. The van der Waals surface area contributed by atoms with Crippen molar-refractivity contribution >= 4 is 17.6 Å². The lowest BCUT2D eigenvalue weighted by atomic mass is 9.93. The van der Waals surface area contributed by atoms with Gasteiger partial charge in [-0.25, -0.2) is 9.18 Å². The number of urea groups is 1. The van der Waals surface area contributed by atoms with Crippen molar-refractivity contribution in [1.29, 1.82) is 0 Å². The predicted octanol–water partition coefficient (Wildman–Crippen LogP) is 3.82. The number of likely N-dealkylation sites (tertiary alicyclic amines) is 1. The molecular formula is C22H26FN3O2. The Bertz CT molecular complexity index is 772. The maximum atomic E-state index is 12.9. The first kappa shape index (κ1) is 19.9. The second-order valence-electron chi connectivity index (χ2n) is 7.17. The molecule has 1 heterocycles. The topological polar surface area (TPSA) is 61.4 Å². The van der Waals surface area contributed by atoms with Crippen molar-refractivity contribution in [2.24, 2.45) is 5.92 Å². The molecular weight excluding hydrogens is 357 g/mol. The maximum absolute atomic E-state index is 12.9. The fraction of sp³-hybridized carbons (Fsp3) is 0.364. The average Bonchev–Trinajstić information content (AvgIpc) is 2.71. The van der Waals surface area contributed by atoms with Crippen molar-refractivity contribution in [2.45, 2.75) is 25.7 Å². The van der Waals surface area contributed by atoms with Crippen molar-refractivity contribution in [1.82, 2.24) is 10.2 Å². The number of carbonyl (C=O) groups is 2. The second kappa shape index (κ2) is 9.88. The molecule has 3 amide bonds. The number of amides is 3. The lowest BCUT2D eigenvalue weighted by Crippen LogP contribution is -2.41. The summed E-state index contributed by atoms with van der Waals surface area (Å²) < 4.78 is 12.9. The Kier molecular flexibility index (Phi) is 7.00. The molecule has 0 unspecified atom stereocenters. The van der Waals surface area contributed by atoms with Gasteiger partial charge in [0.15, 0.2) is 0 Å². The van der Waals surface area contributed by atoms with Gasteiger partial charge in [0.1, 0.15) is 5.82 Å². The van der Waals surface area contributed by atoms with E-state index in [9.17, 15) is 14.0 Å². The average molecular weight is 383 g/mol. The minimum atomic E-state index is -0.324. The number of benzene rings is 2. The monoisotopic (exact) mass is 383 g/mol. The van der Waals surface area contributed by atoms with Gasteiger partial charge < -0.3 is 15.5 Å². The number of hydrogen-bond acceptors (Lipinski definition) is 2. The van der Waals surface area contributed by atoms with E-state index in [1.165, 1.54) is 12.1 Å². The molecule has 2 N–H and O–H groups in total. The largest absolute Gasteiger partial charge is 0.356 e. The highest BCUT2D eigenvalue weighted by atomic mass is 19.1. The summed E-state index contributed by atoms with van der Waals surface area (Å²) >= 11 is 0. The van der Waals surface area contributed by atoms with Crippen molar-refractivity contribution < 1.29 is 14.0 Å². The van der Waals surface area contributed by atoms with Crippen LogP contribution in [-0.2, 0) is 11.2 Å². The summed E-state index contributed by atoms with van der Waals surface area (Å²) in [6.07, 6.45) is 3.17. The molecule has 2 aromatic carbocycles. The van der Waals surface area contributed by atoms with Crippen LogP contribution < -0.4 is 10.6 Å². The zero-order valence-corrected chi connectivity index (χ0v) is 15.9. The number of carbonyl (C=O) groups excluding carboxylic acids is 2. The lowest BCUT2D eigenvalue weighted by Gasteiger charge is -2.32. The van der Waals surface area contributed by atoms with Gasteiger partial charge in [-0.2, -0.15) is 0 Å². The van der Waals surface area contributed by atoms with Crippen LogP contribution in [0.1, 0.15) is 24.8 Å². The SMILES string of the molecule is O=C(Cc1ccccc1)NCCC1CCN(C(=O)Nc2ccc(F)cc2)CC1. The highest BCUT2D eigenvalue weighted by Crippen LogP contribution is 2.21. The van der Waals surface area contributed by atoms with E-state index in [0.717, 1.165) is 24.8 Å². The van der Waals surface area contributed by atoms with Gasteiger partial charge in [0.05, 0.1) is 6.42 Å². The third-order valence-corrected chi connectivity index (χ3v) is 5.08. The molecule has 28 heavy (non-hydrogen) atoms. The van der Waals surface area contributed by atoms with Crippen LogP contribution in [0.25, 0.3) is 0 Å². The van der Waals surface area contributed by atoms with E-state index in [-0.39, 0.29) is 17.8 Å². The van der Waals surface area contributed by atoms with E-state index in [4.69, 9.17) is 0 Å². The molecule has 1 aliphatic heterocycles. The molecule has 1 aliphatic rings. The van der Waals surface area contributed by atoms with E-state index < -0.39 is 0 Å². The van der Waals surface area contributed by atoms with Gasteiger partial charge in [-0.15, -0.1) is 0 Å². The van der Waals surface area contributed by atoms with Crippen LogP contribution in [0.3, 0.4) is 0 Å². The Morgan fingerprint density at radius 3 is 2.36 bits per heavy atom. The van der Waals surface area contributed by atoms with Crippen LogP contribution >= 0.6 is 0 Å². The van der Waals surface area contributed by atoms with Crippen LogP contribution in [0.15, 0.2) is 54.6 Å². The Balaban J connectivity index is 1.33. The fourth-order valence-corrected chi connectivity index (χ4v) is 3.42. The van der Waals surface area contributed by atoms with E-state index >= 15 is 0 Å². The molecule has 0 spiro atoms. The van der Waals surface area contributed by atoms with Crippen LogP contribution in [-0.4, -0.2) is 36.5 Å². The Labute approximate surface area is 164 Å². The van der Waals surface area contributed by atoms with Gasteiger partial charge in [-0.3, -0.25) is 4.79 Å². The zero-order valence-electron chi connectivity index (χ0n) is 15.9. The van der Waals surface area contributed by atoms with Crippen LogP contribution in [0, 0.1) is 11.7 Å². The van der Waals surface area contributed by atoms with Gasteiger partial charge in [-0.05, 0) is 55.0 Å². The molecule has 0 aromatic heterocycles. The summed E-state index contributed by atoms with van der Waals surface area (Å²) in [4.78, 5) is 26.1. The molecule has 5 nitrogen and oxygen atoms in total. The molecule has 0 aliphatic carbocycles. The van der Waals surface area contributed by atoms with Crippen LogP contribution in [0.4, 0.5) is 14.9 Å². The summed E-state index contributed by atoms with van der Waals surface area (Å²) in [6, 6.07) is 15.3. The van der Waals surface area contributed by atoms with Gasteiger partial charge in [-0.1, -0.05) is 30.3 Å². The molecule has 1 saturated heterocycles. The van der Waals surface area contributed by atoms with Crippen molar-refractivity contribution in [3.8, 4) is 0 Å². The Hall–Kier alpha value is -2.89. The van der Waals surface area contributed by atoms with E-state index in [1.807, 2.05) is 30.3 Å². The number of halogens is 1. The molecule has 1 fully saturated rings. The molecule has 3 rings (SSSR count). The summed E-state index contributed by atoms with van der Waals surface area (Å²) in [6.45, 7) is 2.05. The lowest BCUT2D eigenvalue weighted by molar-refractivity contribution is -0.120. The van der Waals surface area contributed by atoms with Crippen LogP contribution in [0.5, 0.6) is 0 Å². The van der Waals surface area contributed by atoms with Crippen LogP contribution in [0.2, 0.25) is 0 Å². The summed E-state index contributed by atoms with van der Waals surface area (Å²) in [7, 11) is 0. The summed E-state index contributed by atoms with van der Waals surface area (Å²) in [5.41, 5.74) is 1.61. The molecule has 0 bridgehead atoms. The Morgan fingerprint density at radius 1 is 1.00 bits per heavy atom. The standard InChI is InChI=1S/C22H26FN3O2/c23-19-6-8-20(9-7-19)25-22(28)26-14-11-17(12-15-26)10-13-24-21(27)16-18-4-2-1-3-5-18/h1-9,17H,10-16H2,(H,24,27)(H,25,28). The first-order valence-electron chi connectivity index (χ1n) is 9.72. The highest BCUT2D eigenvalue weighted by molar-refractivity contribution is 5.89. The molecule has 0 saturated carbocycles. The molecule has 0 radical (unpaired) electrons. The van der Waals surface area contributed by atoms with E-state index in [2.05, 4.69) is 10.6 Å². The smallest absolute Gasteiger partial charge is 0.321 e. The third kappa shape index (κ3) is 6.08. The molecule has 6 heteroatoms. The minimum absolute atomic E-state index is 0.0438. The molecule has 2 aromatic rings. The van der Waals surface area contributed by atoms with Crippen molar-refractivity contribution in [3.05, 3.63) is 66.0 Å². The first-order chi connectivity index (χ1) is 13.6. The number of nitrogens with zero attached hydrogens (tertiary/aromatic N) is 1. The normalized spacial score (nSPS) is 14.5. The second-order valence-corrected chi connectivity index (χ2v) is 7.17. The Morgan fingerprint density at radius 2 is 1.68 bits per heavy atom. The van der Waals surface area contributed by atoms with Gasteiger partial charge >= 0.3 is 6.03 Å². The molecule has 148 valence electrons.